The summed E-state index contributed by atoms with van der Waals surface area (Å²) in [7, 11) is 1.46. The molecule has 0 spiro atoms. The van der Waals surface area contributed by atoms with Gasteiger partial charge in [0.25, 0.3) is 5.56 Å². The summed E-state index contributed by atoms with van der Waals surface area (Å²) >= 11 is 0. The average Bonchev–Trinajstić information content (AvgIpc) is 2.62. The van der Waals surface area contributed by atoms with Crippen molar-refractivity contribution >= 4 is 0 Å². The first-order valence-corrected chi connectivity index (χ1v) is 7.65. The zero-order valence-electron chi connectivity index (χ0n) is 13.4. The molecule has 0 atom stereocenters. The Morgan fingerprint density at radius 2 is 1.29 bits per heavy atom. The predicted octanol–water partition coefficient (Wildman–Crippen LogP) is 2.12. The van der Waals surface area contributed by atoms with Gasteiger partial charge in [-0.15, -0.1) is 0 Å². The summed E-state index contributed by atoms with van der Waals surface area (Å²) in [5.74, 6) is 0.262. The van der Waals surface area contributed by atoms with Crippen molar-refractivity contribution in [1.29, 1.82) is 0 Å². The lowest BCUT2D eigenvalue weighted by Crippen LogP contribution is -2.40. The molecule has 0 bridgehead atoms. The van der Waals surface area contributed by atoms with Gasteiger partial charge < -0.3 is 4.74 Å². The first-order chi connectivity index (χ1) is 11.7. The summed E-state index contributed by atoms with van der Waals surface area (Å²) < 4.78 is 7.93. The second-order valence-corrected chi connectivity index (χ2v) is 5.45. The van der Waals surface area contributed by atoms with E-state index in [0.29, 0.717) is 6.54 Å². The summed E-state index contributed by atoms with van der Waals surface area (Å²) in [5.41, 5.74) is 1.10. The molecule has 3 aromatic rings. The molecule has 0 unspecified atom stereocenters. The van der Waals surface area contributed by atoms with Crippen LogP contribution >= 0.6 is 0 Å². The van der Waals surface area contributed by atoms with Gasteiger partial charge in [0.2, 0.25) is 5.88 Å². The molecule has 0 N–H and O–H groups in total. The molecule has 0 radical (unpaired) electrons. The van der Waals surface area contributed by atoms with Crippen molar-refractivity contribution in [2.24, 2.45) is 0 Å². The summed E-state index contributed by atoms with van der Waals surface area (Å²) in [6.07, 6.45) is 0. The Bertz CT molecular complexity index is 928. The third-order valence-electron chi connectivity index (χ3n) is 3.82. The van der Waals surface area contributed by atoms with E-state index in [2.05, 4.69) is 0 Å². The van der Waals surface area contributed by atoms with Crippen LogP contribution in [0.25, 0.3) is 0 Å². The fourth-order valence-corrected chi connectivity index (χ4v) is 2.59. The molecule has 5 nitrogen and oxygen atoms in total. The third kappa shape index (κ3) is 3.30. The van der Waals surface area contributed by atoms with Gasteiger partial charge in [0.05, 0.1) is 26.3 Å². The smallest absolute Gasteiger partial charge is 0.334 e. The number of hydrogen-bond acceptors (Lipinski definition) is 3. The van der Waals surface area contributed by atoms with Crippen LogP contribution in [0.1, 0.15) is 11.1 Å². The SMILES string of the molecule is COc1cc(=O)n(Cc2ccccc2)c(=O)n1Cc1ccccc1. The van der Waals surface area contributed by atoms with Crippen molar-refractivity contribution in [1.82, 2.24) is 9.13 Å². The van der Waals surface area contributed by atoms with Crippen molar-refractivity contribution in [3.63, 3.8) is 0 Å². The average molecular weight is 322 g/mol. The van der Waals surface area contributed by atoms with Crippen molar-refractivity contribution in [2.75, 3.05) is 7.11 Å². The van der Waals surface area contributed by atoms with E-state index in [1.54, 1.807) is 0 Å². The van der Waals surface area contributed by atoms with E-state index in [0.717, 1.165) is 11.1 Å². The Morgan fingerprint density at radius 1 is 0.792 bits per heavy atom. The monoisotopic (exact) mass is 322 g/mol. The number of methoxy groups -OCH3 is 1. The van der Waals surface area contributed by atoms with Crippen LogP contribution in [-0.2, 0) is 13.1 Å². The van der Waals surface area contributed by atoms with Gasteiger partial charge >= 0.3 is 5.69 Å². The molecule has 5 heteroatoms. The number of nitrogens with zero attached hydrogens (tertiary/aromatic N) is 2. The molecule has 2 aromatic carbocycles. The number of hydrogen-bond donors (Lipinski definition) is 0. The van der Waals surface area contributed by atoms with Crippen molar-refractivity contribution < 1.29 is 4.74 Å². The van der Waals surface area contributed by atoms with E-state index in [1.807, 2.05) is 60.7 Å². The second-order valence-electron chi connectivity index (χ2n) is 5.45. The van der Waals surface area contributed by atoms with E-state index in [9.17, 15) is 9.59 Å². The molecular weight excluding hydrogens is 304 g/mol. The largest absolute Gasteiger partial charge is 0.482 e. The maximum absolute atomic E-state index is 12.8. The van der Waals surface area contributed by atoms with Crippen molar-refractivity contribution in [3.05, 3.63) is 98.7 Å². The minimum absolute atomic E-state index is 0.233. The van der Waals surface area contributed by atoms with E-state index in [-0.39, 0.29) is 23.7 Å². The normalized spacial score (nSPS) is 10.5. The van der Waals surface area contributed by atoms with Crippen LogP contribution < -0.4 is 16.0 Å². The Balaban J connectivity index is 2.06. The molecule has 0 aliphatic rings. The van der Waals surface area contributed by atoms with Crippen LogP contribution in [0.2, 0.25) is 0 Å². The van der Waals surface area contributed by atoms with Crippen molar-refractivity contribution in [3.8, 4) is 5.88 Å². The lowest BCUT2D eigenvalue weighted by atomic mass is 10.2. The Kier molecular flexibility index (Phi) is 4.61. The van der Waals surface area contributed by atoms with Crippen LogP contribution in [0, 0.1) is 0 Å². The molecule has 0 aliphatic heterocycles. The van der Waals surface area contributed by atoms with Gasteiger partial charge in [0.15, 0.2) is 0 Å². The van der Waals surface area contributed by atoms with Gasteiger partial charge in [-0.1, -0.05) is 60.7 Å². The van der Waals surface area contributed by atoms with Gasteiger partial charge in [0, 0.05) is 0 Å². The molecule has 24 heavy (non-hydrogen) atoms. The van der Waals surface area contributed by atoms with Crippen LogP contribution in [0.4, 0.5) is 0 Å². The quantitative estimate of drug-likeness (QED) is 0.723. The van der Waals surface area contributed by atoms with Gasteiger partial charge in [-0.05, 0) is 11.1 Å². The third-order valence-corrected chi connectivity index (χ3v) is 3.82. The maximum Gasteiger partial charge on any atom is 0.334 e. The zero-order chi connectivity index (χ0) is 16.9. The van der Waals surface area contributed by atoms with E-state index >= 15 is 0 Å². The highest BCUT2D eigenvalue weighted by atomic mass is 16.5. The van der Waals surface area contributed by atoms with E-state index < -0.39 is 0 Å². The topological polar surface area (TPSA) is 53.2 Å². The van der Waals surface area contributed by atoms with Crippen molar-refractivity contribution in [2.45, 2.75) is 13.1 Å². The molecular formula is C19H18N2O3. The van der Waals surface area contributed by atoms with Gasteiger partial charge in [-0.3, -0.25) is 13.9 Å². The zero-order valence-corrected chi connectivity index (χ0v) is 13.4. The molecule has 0 saturated carbocycles. The fraction of sp³-hybridized carbons (Fsp3) is 0.158. The van der Waals surface area contributed by atoms with Crippen LogP contribution in [-0.4, -0.2) is 16.2 Å². The molecule has 1 heterocycles. The summed E-state index contributed by atoms with van der Waals surface area (Å²) in [6.45, 7) is 0.579. The van der Waals surface area contributed by atoms with Gasteiger partial charge in [-0.25, -0.2) is 4.79 Å². The number of benzene rings is 2. The number of rotatable bonds is 5. The Hall–Kier alpha value is -3.08. The molecule has 0 amide bonds. The Labute approximate surface area is 139 Å². The first-order valence-electron chi connectivity index (χ1n) is 7.65. The molecule has 122 valence electrons. The standard InChI is InChI=1S/C19H18N2O3/c1-24-18-12-17(22)20(13-15-8-4-2-5-9-15)19(23)21(18)14-16-10-6-3-7-11-16/h2-12H,13-14H2,1H3. The molecule has 0 fully saturated rings. The second kappa shape index (κ2) is 7.00. The van der Waals surface area contributed by atoms with Gasteiger partial charge in [-0.2, -0.15) is 0 Å². The summed E-state index contributed by atoms with van der Waals surface area (Å²) in [4.78, 5) is 25.1. The van der Waals surface area contributed by atoms with Crippen LogP contribution in [0.15, 0.2) is 76.3 Å². The lowest BCUT2D eigenvalue weighted by Gasteiger charge is -2.14. The molecule has 0 aliphatic carbocycles. The van der Waals surface area contributed by atoms with E-state index in [1.165, 1.54) is 22.3 Å². The Morgan fingerprint density at radius 3 is 1.79 bits per heavy atom. The lowest BCUT2D eigenvalue weighted by molar-refractivity contribution is 0.360. The maximum atomic E-state index is 12.8. The predicted molar refractivity (Wildman–Crippen MR) is 92.6 cm³/mol. The summed E-state index contributed by atoms with van der Waals surface area (Å²) in [6, 6.07) is 20.4. The first kappa shape index (κ1) is 15.8. The molecule has 1 aromatic heterocycles. The van der Waals surface area contributed by atoms with Crippen LogP contribution in [0.5, 0.6) is 5.88 Å². The molecule has 3 rings (SSSR count). The molecule has 0 saturated heterocycles. The number of ether oxygens (including phenoxy) is 1. The van der Waals surface area contributed by atoms with E-state index in [4.69, 9.17) is 4.74 Å². The van der Waals surface area contributed by atoms with Gasteiger partial charge in [0.1, 0.15) is 0 Å². The summed E-state index contributed by atoms with van der Waals surface area (Å²) in [5, 5.41) is 0. The highest BCUT2D eigenvalue weighted by Gasteiger charge is 2.12. The van der Waals surface area contributed by atoms with Crippen LogP contribution in [0.3, 0.4) is 0 Å². The number of aromatic nitrogens is 2. The highest BCUT2D eigenvalue weighted by Crippen LogP contribution is 2.09. The highest BCUT2D eigenvalue weighted by molar-refractivity contribution is 5.19. The fourth-order valence-electron chi connectivity index (χ4n) is 2.59. The minimum Gasteiger partial charge on any atom is -0.482 e. The minimum atomic E-state index is -0.382.